The Balaban J connectivity index is 1.17. The van der Waals surface area contributed by atoms with E-state index in [0.29, 0.717) is 5.82 Å². The summed E-state index contributed by atoms with van der Waals surface area (Å²) in [5.41, 5.74) is 19.7. The van der Waals surface area contributed by atoms with Gasteiger partial charge in [0.1, 0.15) is 11.6 Å². The Labute approximate surface area is 459 Å². The van der Waals surface area contributed by atoms with Crippen LogP contribution >= 0.6 is 0 Å². The van der Waals surface area contributed by atoms with E-state index in [9.17, 15) is 5.11 Å². The van der Waals surface area contributed by atoms with Gasteiger partial charge in [-0.3, -0.25) is 9.55 Å². The molecule has 0 amide bonds. The number of benzene rings is 7. The van der Waals surface area contributed by atoms with Gasteiger partial charge in [-0.2, -0.15) is 0 Å². The highest BCUT2D eigenvalue weighted by molar-refractivity contribution is 6.14. The summed E-state index contributed by atoms with van der Waals surface area (Å²) in [6.07, 6.45) is 1.96. The molecule has 3 heterocycles. The van der Waals surface area contributed by atoms with Crippen LogP contribution in [0.15, 0.2) is 152 Å². The van der Waals surface area contributed by atoms with Crippen molar-refractivity contribution in [2.24, 2.45) is 0 Å². The van der Waals surface area contributed by atoms with Crippen LogP contribution in [0.4, 0.5) is 0 Å². The van der Waals surface area contributed by atoms with Crippen LogP contribution < -0.4 is 0 Å². The van der Waals surface area contributed by atoms with Crippen LogP contribution in [-0.4, -0.2) is 24.2 Å². The lowest BCUT2D eigenvalue weighted by atomic mass is 9.78. The summed E-state index contributed by atoms with van der Waals surface area (Å²) in [6, 6.07) is 53.8. The first-order valence-corrected chi connectivity index (χ1v) is 27.7. The van der Waals surface area contributed by atoms with Crippen LogP contribution in [-0.2, 0) is 32.5 Å². The number of pyridine rings is 1. The Bertz CT molecular complexity index is 3860. The molecule has 0 atom stereocenters. The Kier molecular flexibility index (Phi) is 12.7. The lowest BCUT2D eigenvalue weighted by Gasteiger charge is -2.28. The summed E-state index contributed by atoms with van der Waals surface area (Å²) < 4.78 is 4.79. The van der Waals surface area contributed by atoms with Crippen LogP contribution in [0.5, 0.6) is 5.75 Å². The summed E-state index contributed by atoms with van der Waals surface area (Å²) in [5, 5.41) is 15.0. The van der Waals surface area contributed by atoms with Crippen molar-refractivity contribution in [2.75, 3.05) is 0 Å². The molecule has 0 aliphatic carbocycles. The third-order valence-electron chi connectivity index (χ3n) is 15.8. The molecule has 0 aliphatic rings. The fraction of sp³-hybridized carbons (Fsp3) is 0.333. The number of para-hydroxylation sites is 3. The number of phenols is 1. The van der Waals surface area contributed by atoms with Crippen LogP contribution in [0.3, 0.4) is 0 Å². The molecular weight excluding hydrogens is 937 g/mol. The third-order valence-corrected chi connectivity index (χ3v) is 15.8. The first-order chi connectivity index (χ1) is 35.9. The van der Waals surface area contributed by atoms with E-state index in [0.717, 1.165) is 66.9 Å². The van der Waals surface area contributed by atoms with Crippen molar-refractivity contribution in [2.45, 2.75) is 157 Å². The van der Waals surface area contributed by atoms with Gasteiger partial charge in [-0.25, -0.2) is 4.98 Å². The van der Waals surface area contributed by atoms with E-state index in [-0.39, 0.29) is 38.2 Å². The number of imidazole rings is 1. The molecule has 0 saturated carbocycles. The molecule has 3 aromatic heterocycles. The van der Waals surface area contributed by atoms with Crippen molar-refractivity contribution in [3.63, 3.8) is 0 Å². The largest absolute Gasteiger partial charge is 0.507 e. The Morgan fingerprint density at radius 2 is 0.857 bits per heavy atom. The molecule has 0 radical (unpaired) electrons. The molecular formula is C72H80N4O. The molecule has 0 fully saturated rings. The van der Waals surface area contributed by atoms with E-state index in [1.54, 1.807) is 0 Å². The molecule has 10 rings (SSSR count). The first kappa shape index (κ1) is 53.2. The van der Waals surface area contributed by atoms with Gasteiger partial charge in [0.15, 0.2) is 0 Å². The Morgan fingerprint density at radius 3 is 1.44 bits per heavy atom. The van der Waals surface area contributed by atoms with E-state index in [2.05, 4.69) is 279 Å². The van der Waals surface area contributed by atoms with E-state index in [1.165, 1.54) is 49.7 Å². The minimum Gasteiger partial charge on any atom is -0.507 e. The maximum Gasteiger partial charge on any atom is 0.149 e. The van der Waals surface area contributed by atoms with Crippen molar-refractivity contribution in [3.05, 3.63) is 185 Å². The van der Waals surface area contributed by atoms with Gasteiger partial charge in [0, 0.05) is 50.6 Å². The maximum absolute atomic E-state index is 12.6. The zero-order chi connectivity index (χ0) is 55.5. The van der Waals surface area contributed by atoms with Gasteiger partial charge < -0.3 is 9.67 Å². The molecule has 10 aromatic rings. The fourth-order valence-corrected chi connectivity index (χ4v) is 10.9. The average molecular weight is 1020 g/mol. The summed E-state index contributed by atoms with van der Waals surface area (Å²) in [4.78, 5) is 10.8. The molecule has 1 N–H and O–H groups in total. The van der Waals surface area contributed by atoms with E-state index < -0.39 is 0 Å². The molecule has 0 bridgehead atoms. The van der Waals surface area contributed by atoms with Gasteiger partial charge in [0.2, 0.25) is 0 Å². The highest BCUT2D eigenvalue weighted by Crippen LogP contribution is 2.46. The van der Waals surface area contributed by atoms with Gasteiger partial charge >= 0.3 is 0 Å². The van der Waals surface area contributed by atoms with Gasteiger partial charge in [-0.05, 0) is 132 Å². The number of phenolic OH excluding ortho intramolecular Hbond substituents is 1. The lowest BCUT2D eigenvalue weighted by molar-refractivity contribution is 0.446. The summed E-state index contributed by atoms with van der Waals surface area (Å²) in [5.74, 6) is 0.980. The van der Waals surface area contributed by atoms with Crippen LogP contribution in [0.25, 0.3) is 89.1 Å². The second-order valence-corrected chi connectivity index (χ2v) is 28.0. The monoisotopic (exact) mass is 1020 g/mol. The quantitative estimate of drug-likeness (QED) is 0.181. The highest BCUT2D eigenvalue weighted by atomic mass is 16.3. The predicted molar refractivity (Wildman–Crippen MR) is 329 cm³/mol. The van der Waals surface area contributed by atoms with Crippen LogP contribution in [0.1, 0.15) is 158 Å². The summed E-state index contributed by atoms with van der Waals surface area (Å²) in [6.45, 7) is 40.8. The van der Waals surface area contributed by atoms with Crippen molar-refractivity contribution in [1.82, 2.24) is 19.1 Å². The highest BCUT2D eigenvalue weighted by Gasteiger charge is 2.31. The molecule has 394 valence electrons. The number of hydrogen-bond acceptors (Lipinski definition) is 3. The second-order valence-electron chi connectivity index (χ2n) is 28.0. The smallest absolute Gasteiger partial charge is 0.149 e. The minimum atomic E-state index is -0.321. The van der Waals surface area contributed by atoms with Crippen LogP contribution in [0, 0.1) is 0 Å². The molecule has 5 nitrogen and oxygen atoms in total. The van der Waals surface area contributed by atoms with Crippen molar-refractivity contribution in [1.29, 1.82) is 0 Å². The second kappa shape index (κ2) is 18.5. The lowest BCUT2D eigenvalue weighted by Crippen LogP contribution is -2.18. The predicted octanol–water partition coefficient (Wildman–Crippen LogP) is 19.7. The standard InChI is InChI=1S/C72H80N4O/c1-67(2,3)47-36-48(68(4,5)6)39-52(38-47)75-61-30-20-19-26-56(61)57-29-22-28-55(64(57)75)45-32-33-73-60(35-45)46-25-21-24-44(34-46)54-27-23-31-62-63(54)74-66(58-42-51(71(13,14)15)43-59(65(58)77)72(16,17)18)76(62)53-40-49(69(7,8)9)37-50(41-53)70(10,11)12/h19-43,77H,1-18H3. The normalized spacial score (nSPS) is 13.1. The van der Waals surface area contributed by atoms with Gasteiger partial charge in [0.05, 0.1) is 33.3 Å². The Morgan fingerprint density at radius 1 is 0.377 bits per heavy atom. The number of nitrogens with zero attached hydrogens (tertiary/aromatic N) is 4. The van der Waals surface area contributed by atoms with Gasteiger partial charge in [-0.1, -0.05) is 210 Å². The molecule has 5 heteroatoms. The van der Waals surface area contributed by atoms with Crippen molar-refractivity contribution < 1.29 is 5.11 Å². The SMILES string of the molecule is CC(C)(C)c1cc(-n2c(-c3cc(C(C)(C)C)cc(C(C)(C)C)c3O)nc3c(-c4cccc(-c5cc(-c6cccc7c8ccccc8n(-c8cc(C(C)(C)C)cc(C(C)(C)C)c8)c67)ccn5)c4)cccc32)cc(C(C)(C)C)c1. The maximum atomic E-state index is 12.6. The average Bonchev–Trinajstić information content (AvgIpc) is 3.94. The number of hydrogen-bond donors (Lipinski definition) is 1. The van der Waals surface area contributed by atoms with E-state index >= 15 is 0 Å². The molecule has 7 aromatic carbocycles. The molecule has 0 aliphatic heterocycles. The summed E-state index contributed by atoms with van der Waals surface area (Å²) >= 11 is 0. The van der Waals surface area contributed by atoms with Gasteiger partial charge in [0.25, 0.3) is 0 Å². The zero-order valence-corrected chi connectivity index (χ0v) is 49.2. The summed E-state index contributed by atoms with van der Waals surface area (Å²) in [7, 11) is 0. The fourth-order valence-electron chi connectivity index (χ4n) is 10.9. The number of rotatable bonds is 6. The van der Waals surface area contributed by atoms with Crippen LogP contribution in [0.2, 0.25) is 0 Å². The topological polar surface area (TPSA) is 55.9 Å². The first-order valence-electron chi connectivity index (χ1n) is 27.7. The minimum absolute atomic E-state index is 0.0364. The molecule has 77 heavy (non-hydrogen) atoms. The molecule has 0 unspecified atom stereocenters. The number of aromatic hydroxyl groups is 1. The number of aromatic nitrogens is 4. The van der Waals surface area contributed by atoms with Gasteiger partial charge in [-0.15, -0.1) is 0 Å². The Hall–Kier alpha value is -7.24. The van der Waals surface area contributed by atoms with Crippen molar-refractivity contribution in [3.8, 4) is 62.0 Å². The van der Waals surface area contributed by atoms with E-state index in [4.69, 9.17) is 9.97 Å². The van der Waals surface area contributed by atoms with Crippen molar-refractivity contribution >= 4 is 32.8 Å². The molecule has 0 saturated heterocycles. The zero-order valence-electron chi connectivity index (χ0n) is 49.2. The van der Waals surface area contributed by atoms with E-state index in [1.807, 2.05) is 6.20 Å². The number of fused-ring (bicyclic) bond motifs is 4. The molecule has 0 spiro atoms. The third kappa shape index (κ3) is 9.92.